The number of nitrogens with one attached hydrogen (secondary N) is 1. The van der Waals surface area contributed by atoms with Crippen LogP contribution in [-0.4, -0.2) is 18.6 Å². The maximum Gasteiger partial charge on any atom is 0.225 e. The highest BCUT2D eigenvalue weighted by Gasteiger charge is 2.22. The molecule has 19 heavy (non-hydrogen) atoms. The topological polar surface area (TPSA) is 38.3 Å². The third-order valence-corrected chi connectivity index (χ3v) is 3.04. The highest BCUT2D eigenvalue weighted by atomic mass is 16.5. The molecule has 0 heterocycles. The van der Waals surface area contributed by atoms with Gasteiger partial charge in [-0.2, -0.15) is 0 Å². The maximum atomic E-state index is 11.8. The zero-order chi connectivity index (χ0) is 14.6. The van der Waals surface area contributed by atoms with Gasteiger partial charge in [0.1, 0.15) is 12.4 Å². The highest BCUT2D eigenvalue weighted by Crippen LogP contribution is 2.17. The maximum absolute atomic E-state index is 11.8. The molecule has 0 spiro atoms. The van der Waals surface area contributed by atoms with Crippen LogP contribution in [0.4, 0.5) is 0 Å². The Kier molecular flexibility index (Phi) is 4.98. The zero-order valence-corrected chi connectivity index (χ0v) is 12.8. The van der Waals surface area contributed by atoms with E-state index in [1.165, 1.54) is 11.1 Å². The molecule has 1 atom stereocenters. The summed E-state index contributed by atoms with van der Waals surface area (Å²) in [6.45, 7) is 12.3. The molecule has 0 aliphatic rings. The summed E-state index contributed by atoms with van der Waals surface area (Å²) < 4.78 is 5.70. The lowest BCUT2D eigenvalue weighted by Crippen LogP contribution is -2.42. The van der Waals surface area contributed by atoms with E-state index >= 15 is 0 Å². The second-order valence-corrected chi connectivity index (χ2v) is 6.18. The van der Waals surface area contributed by atoms with Crippen molar-refractivity contribution in [3.8, 4) is 5.75 Å². The lowest BCUT2D eigenvalue weighted by atomic mass is 9.95. The predicted octanol–water partition coefficient (Wildman–Crippen LogP) is 3.23. The molecule has 1 amide bonds. The summed E-state index contributed by atoms with van der Waals surface area (Å²) >= 11 is 0. The SMILES string of the molecule is Cc1ccc(OC[C@H](C)NC(=O)C(C)(C)C)cc1C. The van der Waals surface area contributed by atoms with Crippen molar-refractivity contribution in [2.45, 2.75) is 47.6 Å². The van der Waals surface area contributed by atoms with Gasteiger partial charge in [0, 0.05) is 5.41 Å². The first-order chi connectivity index (χ1) is 8.70. The van der Waals surface area contributed by atoms with Crippen LogP contribution in [0.3, 0.4) is 0 Å². The third-order valence-electron chi connectivity index (χ3n) is 3.04. The second-order valence-electron chi connectivity index (χ2n) is 6.18. The summed E-state index contributed by atoms with van der Waals surface area (Å²) in [4.78, 5) is 11.8. The smallest absolute Gasteiger partial charge is 0.225 e. The average molecular weight is 263 g/mol. The third kappa shape index (κ3) is 4.93. The molecular formula is C16H25NO2. The molecule has 0 aromatic heterocycles. The fourth-order valence-corrected chi connectivity index (χ4v) is 1.51. The molecule has 1 rings (SSSR count). The van der Waals surface area contributed by atoms with Gasteiger partial charge in [-0.05, 0) is 44.0 Å². The van der Waals surface area contributed by atoms with E-state index < -0.39 is 0 Å². The number of amides is 1. The summed E-state index contributed by atoms with van der Waals surface area (Å²) in [5, 5.41) is 2.95. The lowest BCUT2D eigenvalue weighted by Gasteiger charge is -2.22. The molecule has 3 heteroatoms. The summed E-state index contributed by atoms with van der Waals surface area (Å²) in [7, 11) is 0. The van der Waals surface area contributed by atoms with E-state index in [1.54, 1.807) is 0 Å². The van der Waals surface area contributed by atoms with Gasteiger partial charge in [-0.15, -0.1) is 0 Å². The number of benzene rings is 1. The number of hydrogen-bond acceptors (Lipinski definition) is 2. The van der Waals surface area contributed by atoms with Crippen molar-refractivity contribution in [3.05, 3.63) is 29.3 Å². The Morgan fingerprint density at radius 2 is 1.89 bits per heavy atom. The molecule has 1 N–H and O–H groups in total. The second kappa shape index (κ2) is 6.09. The van der Waals surface area contributed by atoms with Crippen molar-refractivity contribution >= 4 is 5.91 Å². The molecular weight excluding hydrogens is 238 g/mol. The van der Waals surface area contributed by atoms with Gasteiger partial charge in [0.05, 0.1) is 6.04 Å². The van der Waals surface area contributed by atoms with Crippen LogP contribution in [0.1, 0.15) is 38.8 Å². The van der Waals surface area contributed by atoms with Gasteiger partial charge in [-0.25, -0.2) is 0 Å². The van der Waals surface area contributed by atoms with Crippen molar-refractivity contribution in [1.82, 2.24) is 5.32 Å². The van der Waals surface area contributed by atoms with E-state index in [4.69, 9.17) is 4.74 Å². The molecule has 0 bridgehead atoms. The first kappa shape index (κ1) is 15.5. The summed E-state index contributed by atoms with van der Waals surface area (Å²) in [6, 6.07) is 6.02. The van der Waals surface area contributed by atoms with E-state index in [1.807, 2.05) is 45.9 Å². The van der Waals surface area contributed by atoms with Crippen molar-refractivity contribution in [2.24, 2.45) is 5.41 Å². The van der Waals surface area contributed by atoms with Crippen molar-refractivity contribution in [2.75, 3.05) is 6.61 Å². The standard InChI is InChI=1S/C16H25NO2/c1-11-7-8-14(9-12(11)2)19-10-13(3)17-15(18)16(4,5)6/h7-9,13H,10H2,1-6H3,(H,17,18)/t13-/m0/s1. The van der Waals surface area contributed by atoms with Crippen molar-refractivity contribution < 1.29 is 9.53 Å². The minimum absolute atomic E-state index is 0.00617. The van der Waals surface area contributed by atoms with Crippen LogP contribution in [0.15, 0.2) is 18.2 Å². The molecule has 0 fully saturated rings. The van der Waals surface area contributed by atoms with E-state index in [-0.39, 0.29) is 17.4 Å². The van der Waals surface area contributed by atoms with Gasteiger partial charge >= 0.3 is 0 Å². The van der Waals surface area contributed by atoms with Gasteiger partial charge in [-0.3, -0.25) is 4.79 Å². The molecule has 0 radical (unpaired) electrons. The van der Waals surface area contributed by atoms with E-state index in [2.05, 4.69) is 19.2 Å². The monoisotopic (exact) mass is 263 g/mol. The van der Waals surface area contributed by atoms with Gasteiger partial charge in [0.25, 0.3) is 0 Å². The Balaban J connectivity index is 2.48. The van der Waals surface area contributed by atoms with E-state index in [0.29, 0.717) is 6.61 Å². The van der Waals surface area contributed by atoms with Crippen LogP contribution < -0.4 is 10.1 Å². The Labute approximate surface area is 116 Å². The molecule has 0 saturated carbocycles. The molecule has 0 aliphatic carbocycles. The average Bonchev–Trinajstić information content (AvgIpc) is 2.29. The Morgan fingerprint density at radius 3 is 2.42 bits per heavy atom. The lowest BCUT2D eigenvalue weighted by molar-refractivity contribution is -0.129. The molecule has 0 unspecified atom stereocenters. The number of carbonyl (C=O) groups excluding carboxylic acids is 1. The van der Waals surface area contributed by atoms with Crippen LogP contribution in [-0.2, 0) is 4.79 Å². The number of rotatable bonds is 4. The van der Waals surface area contributed by atoms with Crippen molar-refractivity contribution in [1.29, 1.82) is 0 Å². The first-order valence-corrected chi connectivity index (χ1v) is 6.71. The number of carbonyl (C=O) groups is 1. The fraction of sp³-hybridized carbons (Fsp3) is 0.562. The van der Waals surface area contributed by atoms with Crippen LogP contribution in [0, 0.1) is 19.3 Å². The Hall–Kier alpha value is -1.51. The number of hydrogen-bond donors (Lipinski definition) is 1. The zero-order valence-electron chi connectivity index (χ0n) is 12.8. The van der Waals surface area contributed by atoms with Crippen LogP contribution in [0.25, 0.3) is 0 Å². The van der Waals surface area contributed by atoms with Gasteiger partial charge in [-0.1, -0.05) is 26.8 Å². The van der Waals surface area contributed by atoms with Crippen LogP contribution in [0.5, 0.6) is 5.75 Å². The van der Waals surface area contributed by atoms with Gasteiger partial charge in [0.15, 0.2) is 0 Å². The fourth-order valence-electron chi connectivity index (χ4n) is 1.51. The van der Waals surface area contributed by atoms with Gasteiger partial charge < -0.3 is 10.1 Å². The minimum atomic E-state index is -0.366. The molecule has 106 valence electrons. The quantitative estimate of drug-likeness (QED) is 0.905. The predicted molar refractivity (Wildman–Crippen MR) is 78.5 cm³/mol. The van der Waals surface area contributed by atoms with Gasteiger partial charge in [0.2, 0.25) is 5.91 Å². The minimum Gasteiger partial charge on any atom is -0.491 e. The van der Waals surface area contributed by atoms with E-state index in [0.717, 1.165) is 5.75 Å². The Morgan fingerprint density at radius 1 is 1.26 bits per heavy atom. The summed E-state index contributed by atoms with van der Waals surface area (Å²) in [6.07, 6.45) is 0. The van der Waals surface area contributed by atoms with Crippen molar-refractivity contribution in [3.63, 3.8) is 0 Å². The summed E-state index contributed by atoms with van der Waals surface area (Å²) in [5.41, 5.74) is 2.10. The number of ether oxygens (including phenoxy) is 1. The van der Waals surface area contributed by atoms with Crippen LogP contribution in [0.2, 0.25) is 0 Å². The Bertz CT molecular complexity index is 447. The molecule has 3 nitrogen and oxygen atoms in total. The normalized spacial score (nSPS) is 12.9. The van der Waals surface area contributed by atoms with Crippen LogP contribution >= 0.6 is 0 Å². The first-order valence-electron chi connectivity index (χ1n) is 6.71. The highest BCUT2D eigenvalue weighted by molar-refractivity contribution is 5.81. The van der Waals surface area contributed by atoms with E-state index in [9.17, 15) is 4.79 Å². The summed E-state index contributed by atoms with van der Waals surface area (Å²) in [5.74, 6) is 0.892. The number of aryl methyl sites for hydroxylation is 2. The largest absolute Gasteiger partial charge is 0.491 e. The molecule has 0 saturated heterocycles. The molecule has 1 aromatic carbocycles. The molecule has 1 aromatic rings. The molecule has 0 aliphatic heterocycles.